The quantitative estimate of drug-likeness (QED) is 0.764. The van der Waals surface area contributed by atoms with E-state index in [-0.39, 0.29) is 30.9 Å². The van der Waals surface area contributed by atoms with Crippen LogP contribution in [-0.4, -0.2) is 55.5 Å². The van der Waals surface area contributed by atoms with Crippen LogP contribution < -0.4 is 20.7 Å². The minimum Gasteiger partial charge on any atom is -0.497 e. The summed E-state index contributed by atoms with van der Waals surface area (Å²) in [6.45, 7) is 0.0181. The van der Waals surface area contributed by atoms with E-state index < -0.39 is 6.03 Å². The fraction of sp³-hybridized carbons (Fsp3) is 0.286. The molecule has 2 aromatic rings. The minimum atomic E-state index is -0.778. The van der Waals surface area contributed by atoms with Gasteiger partial charge in [0.2, 0.25) is 11.8 Å². The number of piperazine rings is 1. The molecule has 8 heteroatoms. The number of carbonyl (C=O) groups is 3. The monoisotopic (exact) mass is 396 g/mol. The number of carbonyl (C=O) groups excluding carboxylic acids is 3. The van der Waals surface area contributed by atoms with Gasteiger partial charge in [-0.2, -0.15) is 0 Å². The van der Waals surface area contributed by atoms with Crippen LogP contribution in [0.5, 0.6) is 5.75 Å². The van der Waals surface area contributed by atoms with Crippen molar-refractivity contribution >= 4 is 23.5 Å². The number of methoxy groups -OCH3 is 1. The van der Waals surface area contributed by atoms with Crippen LogP contribution in [0.15, 0.2) is 54.6 Å². The molecule has 4 amide bonds. The molecule has 152 valence electrons. The standard InChI is InChI=1S/C21H24N4O4/c1-29-18-9-5-8-16(11-18)24-13-17(10-15-6-3-2-4-7-15)25(14-20(24)27)19(26)12-23-21(22)28/h2-9,11,17H,10,12-14H2,1H3,(H3,22,23,28). The molecule has 1 atom stereocenters. The lowest BCUT2D eigenvalue weighted by atomic mass is 10.0. The smallest absolute Gasteiger partial charge is 0.312 e. The predicted octanol–water partition coefficient (Wildman–Crippen LogP) is 1.15. The van der Waals surface area contributed by atoms with Gasteiger partial charge in [-0.05, 0) is 24.1 Å². The number of ether oxygens (including phenoxy) is 1. The summed E-state index contributed by atoms with van der Waals surface area (Å²) in [5.74, 6) is 0.109. The Labute approximate surface area is 169 Å². The van der Waals surface area contributed by atoms with E-state index in [0.717, 1.165) is 11.3 Å². The van der Waals surface area contributed by atoms with Gasteiger partial charge >= 0.3 is 6.03 Å². The van der Waals surface area contributed by atoms with Crippen LogP contribution in [0, 0.1) is 0 Å². The average Bonchev–Trinajstić information content (AvgIpc) is 2.73. The van der Waals surface area contributed by atoms with E-state index in [4.69, 9.17) is 10.5 Å². The number of hydrogen-bond acceptors (Lipinski definition) is 4. The first kappa shape index (κ1) is 20.2. The fourth-order valence-electron chi connectivity index (χ4n) is 3.42. The molecule has 1 saturated heterocycles. The summed E-state index contributed by atoms with van der Waals surface area (Å²) in [4.78, 5) is 39.6. The molecule has 1 fully saturated rings. The Hall–Kier alpha value is -3.55. The van der Waals surface area contributed by atoms with Gasteiger partial charge in [0.05, 0.1) is 19.7 Å². The van der Waals surface area contributed by atoms with Crippen molar-refractivity contribution in [3.05, 3.63) is 60.2 Å². The molecule has 0 aliphatic carbocycles. The summed E-state index contributed by atoms with van der Waals surface area (Å²) in [5, 5.41) is 2.31. The molecule has 1 aliphatic rings. The van der Waals surface area contributed by atoms with Crippen LogP contribution in [0.4, 0.5) is 10.5 Å². The minimum absolute atomic E-state index is 0.0754. The lowest BCUT2D eigenvalue weighted by molar-refractivity contribution is -0.138. The lowest BCUT2D eigenvalue weighted by Crippen LogP contribution is -2.60. The van der Waals surface area contributed by atoms with Gasteiger partial charge in [0, 0.05) is 18.3 Å². The molecule has 0 radical (unpaired) electrons. The topological polar surface area (TPSA) is 105 Å². The molecule has 2 aromatic carbocycles. The summed E-state index contributed by atoms with van der Waals surface area (Å²) >= 11 is 0. The average molecular weight is 396 g/mol. The van der Waals surface area contributed by atoms with E-state index in [1.54, 1.807) is 18.1 Å². The number of hydrogen-bond donors (Lipinski definition) is 2. The summed E-state index contributed by atoms with van der Waals surface area (Å²) < 4.78 is 5.26. The number of benzene rings is 2. The molecule has 3 N–H and O–H groups in total. The molecule has 0 bridgehead atoms. The van der Waals surface area contributed by atoms with Crippen molar-refractivity contribution in [3.8, 4) is 5.75 Å². The van der Waals surface area contributed by atoms with Crippen LogP contribution in [0.1, 0.15) is 5.56 Å². The maximum Gasteiger partial charge on any atom is 0.312 e. The second-order valence-electron chi connectivity index (χ2n) is 6.79. The Morgan fingerprint density at radius 2 is 1.93 bits per heavy atom. The highest BCUT2D eigenvalue weighted by Gasteiger charge is 2.35. The van der Waals surface area contributed by atoms with Crippen LogP contribution in [-0.2, 0) is 16.0 Å². The van der Waals surface area contributed by atoms with Gasteiger partial charge in [0.25, 0.3) is 0 Å². The van der Waals surface area contributed by atoms with Gasteiger partial charge in [-0.25, -0.2) is 4.79 Å². The highest BCUT2D eigenvalue weighted by molar-refractivity contribution is 5.98. The number of nitrogens with one attached hydrogen (secondary N) is 1. The highest BCUT2D eigenvalue weighted by Crippen LogP contribution is 2.25. The molecule has 3 rings (SSSR count). The van der Waals surface area contributed by atoms with Crippen LogP contribution in [0.2, 0.25) is 0 Å². The summed E-state index contributed by atoms with van der Waals surface area (Å²) in [6, 6.07) is 16.0. The number of primary amides is 1. The zero-order valence-electron chi connectivity index (χ0n) is 16.2. The predicted molar refractivity (Wildman–Crippen MR) is 109 cm³/mol. The van der Waals surface area contributed by atoms with Crippen molar-refractivity contribution in [2.24, 2.45) is 5.73 Å². The SMILES string of the molecule is COc1cccc(N2CC(Cc3ccccc3)N(C(=O)CNC(N)=O)CC2=O)c1. The van der Waals surface area contributed by atoms with Crippen molar-refractivity contribution in [1.29, 1.82) is 0 Å². The maximum absolute atomic E-state index is 12.8. The Bertz CT molecular complexity index is 887. The molecule has 1 heterocycles. The Morgan fingerprint density at radius 3 is 2.62 bits per heavy atom. The van der Waals surface area contributed by atoms with Crippen LogP contribution in [0.3, 0.4) is 0 Å². The Kier molecular flexibility index (Phi) is 6.33. The summed E-state index contributed by atoms with van der Waals surface area (Å²) in [6.07, 6.45) is 0.580. The molecular formula is C21H24N4O4. The zero-order chi connectivity index (χ0) is 20.8. The summed E-state index contributed by atoms with van der Waals surface area (Å²) in [7, 11) is 1.57. The third kappa shape index (κ3) is 5.04. The largest absolute Gasteiger partial charge is 0.497 e. The number of amides is 4. The van der Waals surface area contributed by atoms with E-state index in [1.807, 2.05) is 48.5 Å². The number of nitrogens with two attached hydrogens (primary N) is 1. The Balaban J connectivity index is 1.84. The summed E-state index contributed by atoms with van der Waals surface area (Å²) in [5.41, 5.74) is 6.84. The number of urea groups is 1. The molecular weight excluding hydrogens is 372 g/mol. The second kappa shape index (κ2) is 9.09. The van der Waals surface area contributed by atoms with Gasteiger partial charge in [0.1, 0.15) is 12.3 Å². The lowest BCUT2D eigenvalue weighted by Gasteiger charge is -2.41. The van der Waals surface area contributed by atoms with E-state index in [2.05, 4.69) is 5.32 Å². The Morgan fingerprint density at radius 1 is 1.17 bits per heavy atom. The van der Waals surface area contributed by atoms with Crippen molar-refractivity contribution in [3.63, 3.8) is 0 Å². The molecule has 1 aliphatic heterocycles. The normalized spacial score (nSPS) is 16.4. The molecule has 8 nitrogen and oxygen atoms in total. The third-order valence-corrected chi connectivity index (χ3v) is 4.85. The first-order chi connectivity index (χ1) is 14.0. The second-order valence-corrected chi connectivity index (χ2v) is 6.79. The van der Waals surface area contributed by atoms with Gasteiger partial charge < -0.3 is 25.6 Å². The zero-order valence-corrected chi connectivity index (χ0v) is 16.2. The van der Waals surface area contributed by atoms with Crippen molar-refractivity contribution < 1.29 is 19.1 Å². The fourth-order valence-corrected chi connectivity index (χ4v) is 3.42. The van der Waals surface area contributed by atoms with Gasteiger partial charge in [0.15, 0.2) is 0 Å². The molecule has 0 saturated carbocycles. The van der Waals surface area contributed by atoms with E-state index in [9.17, 15) is 14.4 Å². The van der Waals surface area contributed by atoms with E-state index in [0.29, 0.717) is 18.7 Å². The first-order valence-electron chi connectivity index (χ1n) is 9.29. The van der Waals surface area contributed by atoms with Crippen LogP contribution in [0.25, 0.3) is 0 Å². The molecule has 0 aromatic heterocycles. The highest BCUT2D eigenvalue weighted by atomic mass is 16.5. The van der Waals surface area contributed by atoms with Gasteiger partial charge in [-0.1, -0.05) is 36.4 Å². The van der Waals surface area contributed by atoms with Crippen molar-refractivity contribution in [2.75, 3.05) is 31.6 Å². The third-order valence-electron chi connectivity index (χ3n) is 4.85. The molecule has 0 spiro atoms. The van der Waals surface area contributed by atoms with Gasteiger partial charge in [-0.15, -0.1) is 0 Å². The maximum atomic E-state index is 12.8. The van der Waals surface area contributed by atoms with Crippen LogP contribution >= 0.6 is 0 Å². The van der Waals surface area contributed by atoms with Crippen molar-refractivity contribution in [1.82, 2.24) is 10.2 Å². The number of anilines is 1. The van der Waals surface area contributed by atoms with E-state index in [1.165, 1.54) is 4.90 Å². The van der Waals surface area contributed by atoms with Crippen molar-refractivity contribution in [2.45, 2.75) is 12.5 Å². The molecule has 1 unspecified atom stereocenters. The number of rotatable bonds is 6. The first-order valence-corrected chi connectivity index (χ1v) is 9.29. The van der Waals surface area contributed by atoms with E-state index >= 15 is 0 Å². The molecule has 29 heavy (non-hydrogen) atoms. The number of nitrogens with zero attached hydrogens (tertiary/aromatic N) is 2. The van der Waals surface area contributed by atoms with Gasteiger partial charge in [-0.3, -0.25) is 9.59 Å².